The number of ether oxygens (including phenoxy) is 1. The molecule has 1 N–H and O–H groups in total. The second-order valence-electron chi connectivity index (χ2n) is 10.5. The third-order valence-electron chi connectivity index (χ3n) is 6.93. The summed E-state index contributed by atoms with van der Waals surface area (Å²) in [5, 5.41) is 14.5. The number of rotatable bonds is 7. The van der Waals surface area contributed by atoms with E-state index in [1.807, 2.05) is 66.6 Å². The average Bonchev–Trinajstić information content (AvgIpc) is 3.38. The van der Waals surface area contributed by atoms with E-state index in [0.717, 1.165) is 39.9 Å². The first-order valence-electron chi connectivity index (χ1n) is 13.1. The van der Waals surface area contributed by atoms with Crippen LogP contribution in [0.5, 0.6) is 5.75 Å². The van der Waals surface area contributed by atoms with Gasteiger partial charge in [0.05, 0.1) is 40.7 Å². The molecule has 7 nitrogen and oxygen atoms in total. The Morgan fingerprint density at radius 2 is 2.00 bits per heavy atom. The van der Waals surface area contributed by atoms with E-state index >= 15 is 0 Å². The topological polar surface area (TPSA) is 80.0 Å². The number of aliphatic hydroxyl groups is 1. The van der Waals surface area contributed by atoms with Gasteiger partial charge in [-0.3, -0.25) is 9.78 Å². The van der Waals surface area contributed by atoms with Crippen molar-refractivity contribution < 1.29 is 14.6 Å². The Morgan fingerprint density at radius 3 is 2.64 bits per heavy atom. The number of benzene rings is 1. The largest absolute Gasteiger partial charge is 0.489 e. The molecule has 0 unspecified atom stereocenters. The van der Waals surface area contributed by atoms with Gasteiger partial charge in [-0.05, 0) is 50.5 Å². The van der Waals surface area contributed by atoms with E-state index < -0.39 is 5.60 Å². The van der Waals surface area contributed by atoms with E-state index in [0.29, 0.717) is 24.4 Å². The molecule has 0 fully saturated rings. The molecule has 1 atom stereocenters. The normalized spacial score (nSPS) is 14.5. The number of hydrogen-bond acceptors (Lipinski definition) is 5. The fraction of sp³-hybridized carbons (Fsp3) is 0.281. The number of hydrogen-bond donors (Lipinski definition) is 1. The Hall–Kier alpha value is -4.41. The summed E-state index contributed by atoms with van der Waals surface area (Å²) in [6.45, 7) is 6.71. The van der Waals surface area contributed by atoms with Gasteiger partial charge in [-0.1, -0.05) is 48.4 Å². The zero-order valence-electron chi connectivity index (χ0n) is 22.5. The lowest BCUT2D eigenvalue weighted by Gasteiger charge is -2.29. The highest BCUT2D eigenvalue weighted by Gasteiger charge is 2.24. The average molecular weight is 521 g/mol. The second kappa shape index (κ2) is 10.8. The van der Waals surface area contributed by atoms with E-state index in [1.165, 1.54) is 0 Å². The van der Waals surface area contributed by atoms with E-state index in [1.54, 1.807) is 30.8 Å². The van der Waals surface area contributed by atoms with Crippen LogP contribution in [0.4, 0.5) is 0 Å². The van der Waals surface area contributed by atoms with Crippen molar-refractivity contribution in [2.75, 3.05) is 19.7 Å². The van der Waals surface area contributed by atoms with Gasteiger partial charge in [0.25, 0.3) is 0 Å². The molecular formula is C32H32N4O3. The molecule has 0 spiro atoms. The van der Waals surface area contributed by atoms with Crippen molar-refractivity contribution in [1.82, 2.24) is 19.5 Å². The number of amides is 1. The minimum Gasteiger partial charge on any atom is -0.489 e. The van der Waals surface area contributed by atoms with E-state index in [-0.39, 0.29) is 18.4 Å². The zero-order valence-corrected chi connectivity index (χ0v) is 22.5. The lowest BCUT2D eigenvalue weighted by atomic mass is 9.97. The number of pyridine rings is 2. The molecule has 0 radical (unpaired) electrons. The van der Waals surface area contributed by atoms with Crippen molar-refractivity contribution in [2.24, 2.45) is 0 Å². The molecule has 3 aromatic heterocycles. The van der Waals surface area contributed by atoms with Gasteiger partial charge in [-0.25, -0.2) is 4.52 Å². The van der Waals surface area contributed by atoms with Gasteiger partial charge in [-0.15, -0.1) is 6.42 Å². The molecule has 0 aliphatic carbocycles. The fourth-order valence-electron chi connectivity index (χ4n) is 4.76. The Morgan fingerprint density at radius 1 is 1.21 bits per heavy atom. The van der Waals surface area contributed by atoms with E-state index in [2.05, 4.69) is 17.1 Å². The quantitative estimate of drug-likeness (QED) is 0.349. The molecule has 198 valence electrons. The van der Waals surface area contributed by atoms with Crippen LogP contribution in [0.25, 0.3) is 22.2 Å². The Labute approximate surface area is 228 Å². The van der Waals surface area contributed by atoms with Gasteiger partial charge < -0.3 is 14.7 Å². The Bertz CT molecular complexity index is 1560. The monoisotopic (exact) mass is 520 g/mol. The van der Waals surface area contributed by atoms with Crippen LogP contribution in [-0.2, 0) is 4.79 Å². The van der Waals surface area contributed by atoms with E-state index in [9.17, 15) is 9.90 Å². The number of carbonyl (C=O) groups excluding carboxylic acids is 1. The lowest BCUT2D eigenvalue weighted by Crippen LogP contribution is -2.37. The fourth-order valence-corrected chi connectivity index (χ4v) is 4.76. The van der Waals surface area contributed by atoms with Gasteiger partial charge in [-0.2, -0.15) is 5.10 Å². The van der Waals surface area contributed by atoms with Crippen LogP contribution in [0.2, 0.25) is 0 Å². The van der Waals surface area contributed by atoms with Crippen LogP contribution in [-0.4, -0.2) is 55.8 Å². The molecule has 0 saturated heterocycles. The molecule has 7 heteroatoms. The molecule has 1 aliphatic rings. The highest BCUT2D eigenvalue weighted by atomic mass is 16.5. The summed E-state index contributed by atoms with van der Waals surface area (Å²) in [4.78, 5) is 19.7. The summed E-state index contributed by atoms with van der Waals surface area (Å²) in [6, 6.07) is 15.8. The highest BCUT2D eigenvalue weighted by Crippen LogP contribution is 2.32. The van der Waals surface area contributed by atoms with Gasteiger partial charge >= 0.3 is 0 Å². The van der Waals surface area contributed by atoms with Gasteiger partial charge in [0, 0.05) is 30.4 Å². The minimum atomic E-state index is -0.972. The third kappa shape index (κ3) is 5.71. The van der Waals surface area contributed by atoms with Crippen molar-refractivity contribution in [3.63, 3.8) is 0 Å². The third-order valence-corrected chi connectivity index (χ3v) is 6.93. The molecule has 1 amide bonds. The van der Waals surface area contributed by atoms with Gasteiger partial charge in [0.1, 0.15) is 12.4 Å². The number of carbonyl (C=O) groups is 1. The maximum absolute atomic E-state index is 13.0. The maximum atomic E-state index is 13.0. The SMILES string of the molecule is C#Cc1cnn2cc(OCC(C)(C)O)cc(-c3ccc(C4=CCN(C(=O)[C@H](C)c5ccccc5)CC4)nc3)c12. The molecule has 4 heterocycles. The van der Waals surface area contributed by atoms with Crippen LogP contribution in [0.15, 0.2) is 73.2 Å². The molecule has 1 aliphatic heterocycles. The van der Waals surface area contributed by atoms with Crippen LogP contribution in [0.1, 0.15) is 49.9 Å². The van der Waals surface area contributed by atoms with Crippen molar-refractivity contribution in [1.29, 1.82) is 0 Å². The minimum absolute atomic E-state index is 0.135. The lowest BCUT2D eigenvalue weighted by molar-refractivity contribution is -0.132. The van der Waals surface area contributed by atoms with Crippen LogP contribution < -0.4 is 4.74 Å². The smallest absolute Gasteiger partial charge is 0.230 e. The highest BCUT2D eigenvalue weighted by molar-refractivity contribution is 5.86. The van der Waals surface area contributed by atoms with Gasteiger partial charge in [0.15, 0.2) is 0 Å². The standard InChI is InChI=1S/C32H32N4O3/c1-5-23-19-34-36-20-27(39-21-32(3,4)38)17-28(30(23)36)26-11-12-29(33-18-26)25-13-15-35(16-14-25)31(37)22(2)24-9-7-6-8-10-24/h1,6-13,17-20,22,38H,14-16,21H2,2-4H3/t22-/m1/s1. The summed E-state index contributed by atoms with van der Waals surface area (Å²) >= 11 is 0. The molecule has 5 rings (SSSR count). The summed E-state index contributed by atoms with van der Waals surface area (Å²) in [5.41, 5.74) is 5.26. The first-order valence-corrected chi connectivity index (χ1v) is 13.1. The summed E-state index contributed by atoms with van der Waals surface area (Å²) in [7, 11) is 0. The molecule has 39 heavy (non-hydrogen) atoms. The second-order valence-corrected chi connectivity index (χ2v) is 10.5. The van der Waals surface area contributed by atoms with Crippen molar-refractivity contribution >= 4 is 17.0 Å². The van der Waals surface area contributed by atoms with Crippen molar-refractivity contribution in [2.45, 2.75) is 38.7 Å². The number of nitrogens with zero attached hydrogens (tertiary/aromatic N) is 4. The summed E-state index contributed by atoms with van der Waals surface area (Å²) in [5.74, 6) is 3.24. The molecule has 0 bridgehead atoms. The zero-order chi connectivity index (χ0) is 27.6. The van der Waals surface area contributed by atoms with Crippen molar-refractivity contribution in [3.8, 4) is 29.2 Å². The molecule has 0 saturated carbocycles. The number of aromatic nitrogens is 3. The van der Waals surface area contributed by atoms with Gasteiger partial charge in [0.2, 0.25) is 5.91 Å². The van der Waals surface area contributed by atoms with Crippen LogP contribution in [0, 0.1) is 12.3 Å². The summed E-state index contributed by atoms with van der Waals surface area (Å²) < 4.78 is 7.55. The molecule has 4 aromatic rings. The number of fused-ring (bicyclic) bond motifs is 1. The predicted molar refractivity (Wildman–Crippen MR) is 152 cm³/mol. The Kier molecular flexibility index (Phi) is 7.23. The molecule has 1 aromatic carbocycles. The van der Waals surface area contributed by atoms with E-state index in [4.69, 9.17) is 16.1 Å². The molecular weight excluding hydrogens is 488 g/mol. The number of terminal acetylenes is 1. The maximum Gasteiger partial charge on any atom is 0.230 e. The van der Waals surface area contributed by atoms with Crippen LogP contribution >= 0.6 is 0 Å². The predicted octanol–water partition coefficient (Wildman–Crippen LogP) is 4.95. The van der Waals surface area contributed by atoms with Crippen LogP contribution in [0.3, 0.4) is 0 Å². The first-order chi connectivity index (χ1) is 18.7. The Balaban J connectivity index is 1.36. The van der Waals surface area contributed by atoms with Crippen molar-refractivity contribution in [3.05, 3.63) is 90.0 Å². The summed E-state index contributed by atoms with van der Waals surface area (Å²) in [6.07, 6.45) is 13.8. The first kappa shape index (κ1) is 26.2.